The highest BCUT2D eigenvalue weighted by Gasteiger charge is 2.31. The van der Waals surface area contributed by atoms with E-state index in [1.807, 2.05) is 25.2 Å². The summed E-state index contributed by atoms with van der Waals surface area (Å²) in [7, 11) is 5.04. The van der Waals surface area contributed by atoms with Gasteiger partial charge in [-0.25, -0.2) is 0 Å². The van der Waals surface area contributed by atoms with E-state index < -0.39 is 0 Å². The number of benzene rings is 1. The van der Waals surface area contributed by atoms with Gasteiger partial charge < -0.3 is 23.7 Å². The normalized spacial score (nSPS) is 16.3. The van der Waals surface area contributed by atoms with Gasteiger partial charge in [-0.05, 0) is 49.9 Å². The van der Waals surface area contributed by atoms with Crippen LogP contribution in [0.1, 0.15) is 34.5 Å². The smallest absolute Gasteiger partial charge is 0.257 e. The largest absolute Gasteiger partial charge is 0.493 e. The summed E-state index contributed by atoms with van der Waals surface area (Å²) in [4.78, 5) is 29.3. The second kappa shape index (κ2) is 9.69. The first-order valence-corrected chi connectivity index (χ1v) is 10.2. The standard InChI is InChI=1S/C23H30N2O5/c1-16-19(10-13-30-16)23(27)25-11-5-6-18(15-25)22(26)24(2)12-9-17-7-8-20(28-3)21(14-17)29-4/h7-8,10,13-14,18H,5-6,9,11-12,15H2,1-4H3/t18-/m0/s1. The van der Waals surface area contributed by atoms with E-state index in [4.69, 9.17) is 13.9 Å². The summed E-state index contributed by atoms with van der Waals surface area (Å²) in [6.07, 6.45) is 3.86. The Bertz CT molecular complexity index is 891. The Morgan fingerprint density at radius 2 is 1.97 bits per heavy atom. The summed E-state index contributed by atoms with van der Waals surface area (Å²) in [5.74, 6) is 1.82. The Balaban J connectivity index is 1.57. The van der Waals surface area contributed by atoms with Gasteiger partial charge in [0, 0.05) is 26.7 Å². The number of likely N-dealkylation sites (N-methyl/N-ethyl adjacent to an activating group) is 1. The van der Waals surface area contributed by atoms with Crippen molar-refractivity contribution in [1.82, 2.24) is 9.80 Å². The third-order valence-electron chi connectivity index (χ3n) is 5.71. The molecule has 7 nitrogen and oxygen atoms in total. The number of rotatable bonds is 7. The molecule has 1 aliphatic heterocycles. The van der Waals surface area contributed by atoms with Crippen LogP contribution in [0, 0.1) is 12.8 Å². The minimum absolute atomic E-state index is 0.0632. The molecule has 2 heterocycles. The maximum atomic E-state index is 13.0. The van der Waals surface area contributed by atoms with Gasteiger partial charge in [0.1, 0.15) is 5.76 Å². The quantitative estimate of drug-likeness (QED) is 0.696. The topological polar surface area (TPSA) is 72.2 Å². The van der Waals surface area contributed by atoms with Crippen LogP contribution >= 0.6 is 0 Å². The Kier molecular flexibility index (Phi) is 7.03. The predicted molar refractivity (Wildman–Crippen MR) is 113 cm³/mol. The van der Waals surface area contributed by atoms with E-state index in [2.05, 4.69) is 0 Å². The van der Waals surface area contributed by atoms with Crippen LogP contribution in [0.3, 0.4) is 0 Å². The molecule has 1 atom stereocenters. The van der Waals surface area contributed by atoms with Crippen molar-refractivity contribution in [3.8, 4) is 11.5 Å². The van der Waals surface area contributed by atoms with Gasteiger partial charge in [-0.1, -0.05) is 6.07 Å². The molecular formula is C23H30N2O5. The summed E-state index contributed by atoms with van der Waals surface area (Å²) in [5, 5.41) is 0. The number of ether oxygens (including phenoxy) is 2. The third kappa shape index (κ3) is 4.78. The minimum Gasteiger partial charge on any atom is -0.493 e. The summed E-state index contributed by atoms with van der Waals surface area (Å²) in [5.41, 5.74) is 1.65. The van der Waals surface area contributed by atoms with Crippen LogP contribution < -0.4 is 9.47 Å². The number of likely N-dealkylation sites (tertiary alicyclic amines) is 1. The van der Waals surface area contributed by atoms with Crippen molar-refractivity contribution in [2.45, 2.75) is 26.2 Å². The molecule has 3 rings (SSSR count). The molecule has 7 heteroatoms. The number of nitrogens with zero attached hydrogens (tertiary/aromatic N) is 2. The van der Waals surface area contributed by atoms with Gasteiger partial charge in [0.25, 0.3) is 5.91 Å². The first kappa shape index (κ1) is 21.7. The number of methoxy groups -OCH3 is 2. The maximum Gasteiger partial charge on any atom is 0.257 e. The lowest BCUT2D eigenvalue weighted by molar-refractivity contribution is -0.135. The molecule has 1 aromatic carbocycles. The van der Waals surface area contributed by atoms with E-state index in [1.54, 1.807) is 37.0 Å². The van der Waals surface area contributed by atoms with Crippen LogP contribution in [0.15, 0.2) is 34.9 Å². The van der Waals surface area contributed by atoms with Crippen molar-refractivity contribution >= 4 is 11.8 Å². The maximum absolute atomic E-state index is 13.0. The van der Waals surface area contributed by atoms with Crippen LogP contribution in [0.5, 0.6) is 11.5 Å². The van der Waals surface area contributed by atoms with Crippen LogP contribution in [-0.2, 0) is 11.2 Å². The summed E-state index contributed by atoms with van der Waals surface area (Å²) in [6, 6.07) is 7.48. The highest BCUT2D eigenvalue weighted by atomic mass is 16.5. The minimum atomic E-state index is -0.176. The van der Waals surface area contributed by atoms with Gasteiger partial charge >= 0.3 is 0 Å². The lowest BCUT2D eigenvalue weighted by Crippen LogP contribution is -2.46. The van der Waals surface area contributed by atoms with Gasteiger partial charge in [0.05, 0.1) is 32.0 Å². The molecule has 0 aliphatic carbocycles. The molecule has 1 saturated heterocycles. The zero-order valence-corrected chi connectivity index (χ0v) is 18.1. The summed E-state index contributed by atoms with van der Waals surface area (Å²) in [6.45, 7) is 3.49. The molecule has 2 aromatic rings. The number of aryl methyl sites for hydroxylation is 1. The van der Waals surface area contributed by atoms with E-state index in [-0.39, 0.29) is 17.7 Å². The first-order chi connectivity index (χ1) is 14.4. The molecule has 0 saturated carbocycles. The molecule has 1 aliphatic rings. The lowest BCUT2D eigenvalue weighted by atomic mass is 9.95. The van der Waals surface area contributed by atoms with Crippen LogP contribution in [0.4, 0.5) is 0 Å². The third-order valence-corrected chi connectivity index (χ3v) is 5.71. The number of carbonyl (C=O) groups excluding carboxylic acids is 2. The average Bonchev–Trinajstić information content (AvgIpc) is 3.21. The van der Waals surface area contributed by atoms with Gasteiger partial charge in [-0.15, -0.1) is 0 Å². The molecule has 0 unspecified atom stereocenters. The monoisotopic (exact) mass is 414 g/mol. The van der Waals surface area contributed by atoms with E-state index in [1.165, 1.54) is 6.26 Å². The second-order valence-corrected chi connectivity index (χ2v) is 7.68. The summed E-state index contributed by atoms with van der Waals surface area (Å²) >= 11 is 0. The Labute approximate surface area is 177 Å². The van der Waals surface area contributed by atoms with E-state index in [9.17, 15) is 9.59 Å². The number of amides is 2. The molecule has 2 amide bonds. The number of furan rings is 1. The van der Waals surface area contributed by atoms with Crippen molar-refractivity contribution in [3.63, 3.8) is 0 Å². The van der Waals surface area contributed by atoms with Crippen LogP contribution in [0.2, 0.25) is 0 Å². The van der Waals surface area contributed by atoms with Crippen LogP contribution in [0.25, 0.3) is 0 Å². The molecule has 1 fully saturated rings. The van der Waals surface area contributed by atoms with E-state index in [0.717, 1.165) is 18.4 Å². The second-order valence-electron chi connectivity index (χ2n) is 7.68. The van der Waals surface area contributed by atoms with Crippen molar-refractivity contribution in [1.29, 1.82) is 0 Å². The number of hydrogen-bond donors (Lipinski definition) is 0. The molecular weight excluding hydrogens is 384 g/mol. The lowest BCUT2D eigenvalue weighted by Gasteiger charge is -2.34. The van der Waals surface area contributed by atoms with E-state index >= 15 is 0 Å². The highest BCUT2D eigenvalue weighted by Crippen LogP contribution is 2.28. The fourth-order valence-corrected chi connectivity index (χ4v) is 3.90. The molecule has 0 radical (unpaired) electrons. The molecule has 1 aromatic heterocycles. The van der Waals surface area contributed by atoms with Crippen molar-refractivity contribution < 1.29 is 23.5 Å². The van der Waals surface area contributed by atoms with Gasteiger partial charge in [0.2, 0.25) is 5.91 Å². The zero-order valence-electron chi connectivity index (χ0n) is 18.1. The Morgan fingerprint density at radius 1 is 1.20 bits per heavy atom. The summed E-state index contributed by atoms with van der Waals surface area (Å²) < 4.78 is 15.9. The molecule has 0 spiro atoms. The van der Waals surface area contributed by atoms with E-state index in [0.29, 0.717) is 48.9 Å². The zero-order chi connectivity index (χ0) is 21.7. The van der Waals surface area contributed by atoms with Gasteiger partial charge in [-0.3, -0.25) is 9.59 Å². The fraction of sp³-hybridized carbons (Fsp3) is 0.478. The van der Waals surface area contributed by atoms with Gasteiger partial charge in [0.15, 0.2) is 11.5 Å². The molecule has 0 N–H and O–H groups in total. The first-order valence-electron chi connectivity index (χ1n) is 10.2. The predicted octanol–water partition coefficient (Wildman–Crippen LogP) is 3.16. The van der Waals surface area contributed by atoms with Crippen molar-refractivity contribution in [2.24, 2.45) is 5.92 Å². The van der Waals surface area contributed by atoms with Crippen molar-refractivity contribution in [3.05, 3.63) is 47.4 Å². The fourth-order valence-electron chi connectivity index (χ4n) is 3.90. The van der Waals surface area contributed by atoms with Gasteiger partial charge in [-0.2, -0.15) is 0 Å². The Morgan fingerprint density at radius 3 is 2.63 bits per heavy atom. The SMILES string of the molecule is COc1ccc(CCN(C)C(=O)[C@H]2CCCN(C(=O)c3ccoc3C)C2)cc1OC. The average molecular weight is 415 g/mol. The van der Waals surface area contributed by atoms with Crippen molar-refractivity contribution in [2.75, 3.05) is 40.9 Å². The Hall–Kier alpha value is -2.96. The number of piperidine rings is 1. The number of hydrogen-bond acceptors (Lipinski definition) is 5. The molecule has 162 valence electrons. The molecule has 30 heavy (non-hydrogen) atoms. The highest BCUT2D eigenvalue weighted by molar-refractivity contribution is 5.95. The number of carbonyl (C=O) groups is 2. The molecule has 0 bridgehead atoms. The van der Waals surface area contributed by atoms with Crippen LogP contribution in [-0.4, -0.2) is 62.5 Å².